The first kappa shape index (κ1) is 14.5. The van der Waals surface area contributed by atoms with Crippen LogP contribution in [0.5, 0.6) is 0 Å². The Morgan fingerprint density at radius 1 is 1.47 bits per heavy atom. The van der Waals surface area contributed by atoms with Crippen LogP contribution in [0.1, 0.15) is 33.1 Å². The Morgan fingerprint density at radius 2 is 2.06 bits per heavy atom. The summed E-state index contributed by atoms with van der Waals surface area (Å²) in [5, 5.41) is 3.06. The van der Waals surface area contributed by atoms with E-state index in [4.69, 9.17) is 5.73 Å². The molecule has 1 atom stereocenters. The molecule has 100 valence electrons. The normalized spacial score (nSPS) is 22.1. The molecule has 1 aliphatic heterocycles. The average Bonchev–Trinajstić information content (AvgIpc) is 2.31. The number of nitrogens with two attached hydrogens (primary N) is 1. The van der Waals surface area contributed by atoms with Crippen LogP contribution in [0.4, 0.5) is 0 Å². The second kappa shape index (κ2) is 6.36. The van der Waals surface area contributed by atoms with Gasteiger partial charge >= 0.3 is 0 Å². The molecule has 1 aliphatic rings. The summed E-state index contributed by atoms with van der Waals surface area (Å²) >= 11 is 0. The molecule has 0 aromatic rings. The van der Waals surface area contributed by atoms with Crippen LogP contribution in [0.25, 0.3) is 0 Å². The quantitative estimate of drug-likeness (QED) is 0.749. The fourth-order valence-corrected chi connectivity index (χ4v) is 2.12. The number of nitrogens with one attached hydrogen (secondary N) is 1. The maximum Gasteiger partial charge on any atom is 0.220 e. The highest BCUT2D eigenvalue weighted by Crippen LogP contribution is 2.29. The van der Waals surface area contributed by atoms with Gasteiger partial charge in [0.25, 0.3) is 0 Å². The lowest BCUT2D eigenvalue weighted by molar-refractivity contribution is -0.122. The van der Waals surface area contributed by atoms with Crippen LogP contribution in [0, 0.1) is 11.3 Å². The minimum Gasteiger partial charge on any atom is -0.356 e. The van der Waals surface area contributed by atoms with E-state index in [9.17, 15) is 4.79 Å². The van der Waals surface area contributed by atoms with E-state index in [1.807, 2.05) is 6.92 Å². The number of rotatable bonds is 5. The smallest absolute Gasteiger partial charge is 0.220 e. The van der Waals surface area contributed by atoms with Crippen LogP contribution < -0.4 is 11.1 Å². The maximum absolute atomic E-state index is 11.7. The first-order valence-electron chi connectivity index (χ1n) is 6.60. The zero-order chi connectivity index (χ0) is 12.9. The Bertz CT molecular complexity index is 247. The van der Waals surface area contributed by atoms with Gasteiger partial charge in [-0.1, -0.05) is 13.8 Å². The van der Waals surface area contributed by atoms with E-state index in [1.54, 1.807) is 0 Å². The minimum absolute atomic E-state index is 0.142. The molecular weight excluding hydrogens is 214 g/mol. The molecule has 0 aliphatic carbocycles. The van der Waals surface area contributed by atoms with Gasteiger partial charge in [0.15, 0.2) is 0 Å². The highest BCUT2D eigenvalue weighted by atomic mass is 16.1. The van der Waals surface area contributed by atoms with Crippen molar-refractivity contribution in [2.45, 2.75) is 33.1 Å². The first-order valence-corrected chi connectivity index (χ1v) is 6.60. The van der Waals surface area contributed by atoms with E-state index >= 15 is 0 Å². The lowest BCUT2D eigenvalue weighted by atomic mass is 9.80. The van der Waals surface area contributed by atoms with Crippen LogP contribution in [0.3, 0.4) is 0 Å². The van der Waals surface area contributed by atoms with Gasteiger partial charge in [0, 0.05) is 13.0 Å². The molecule has 0 bridgehead atoms. The van der Waals surface area contributed by atoms with Crippen molar-refractivity contribution in [1.82, 2.24) is 10.2 Å². The third kappa shape index (κ3) is 5.04. The molecule has 1 saturated heterocycles. The van der Waals surface area contributed by atoms with Gasteiger partial charge in [0.2, 0.25) is 5.91 Å². The van der Waals surface area contributed by atoms with Crippen LogP contribution in [-0.4, -0.2) is 44.0 Å². The van der Waals surface area contributed by atoms with E-state index < -0.39 is 0 Å². The fourth-order valence-electron chi connectivity index (χ4n) is 2.12. The van der Waals surface area contributed by atoms with Crippen LogP contribution in [-0.2, 0) is 4.79 Å². The van der Waals surface area contributed by atoms with Gasteiger partial charge in [-0.05, 0) is 50.9 Å². The number of hydrogen-bond donors (Lipinski definition) is 2. The summed E-state index contributed by atoms with van der Waals surface area (Å²) in [7, 11) is 2.15. The zero-order valence-electron chi connectivity index (χ0n) is 11.5. The Morgan fingerprint density at radius 3 is 2.59 bits per heavy atom. The zero-order valence-corrected chi connectivity index (χ0v) is 11.5. The molecule has 17 heavy (non-hydrogen) atoms. The number of hydrogen-bond acceptors (Lipinski definition) is 3. The molecule has 4 nitrogen and oxygen atoms in total. The summed E-state index contributed by atoms with van der Waals surface area (Å²) in [6.45, 7) is 7.92. The van der Waals surface area contributed by atoms with Crippen molar-refractivity contribution in [1.29, 1.82) is 0 Å². The number of carbonyl (C=O) groups is 1. The highest BCUT2D eigenvalue weighted by molar-refractivity contribution is 5.76. The highest BCUT2D eigenvalue weighted by Gasteiger charge is 2.29. The molecule has 1 rings (SSSR count). The van der Waals surface area contributed by atoms with Crippen molar-refractivity contribution in [2.75, 3.05) is 33.2 Å². The van der Waals surface area contributed by atoms with Crippen molar-refractivity contribution in [3.05, 3.63) is 0 Å². The summed E-state index contributed by atoms with van der Waals surface area (Å²) in [5.41, 5.74) is 5.79. The molecule has 0 spiro atoms. The predicted octanol–water partition coefficient (Wildman–Crippen LogP) is 0.819. The molecule has 3 N–H and O–H groups in total. The third-order valence-electron chi connectivity index (χ3n) is 3.84. The predicted molar refractivity (Wildman–Crippen MR) is 70.7 cm³/mol. The largest absolute Gasteiger partial charge is 0.356 e. The molecule has 1 unspecified atom stereocenters. The SMILES string of the molecule is CC(CN)CC(=O)NCC1(C)CCN(C)CC1. The molecule has 1 heterocycles. The number of nitrogens with zero attached hydrogens (tertiary/aromatic N) is 1. The summed E-state index contributed by atoms with van der Waals surface area (Å²) in [6.07, 6.45) is 2.87. The van der Waals surface area contributed by atoms with E-state index in [-0.39, 0.29) is 17.2 Å². The van der Waals surface area contributed by atoms with Crippen molar-refractivity contribution < 1.29 is 4.79 Å². The van der Waals surface area contributed by atoms with Gasteiger partial charge < -0.3 is 16.0 Å². The van der Waals surface area contributed by atoms with Crippen molar-refractivity contribution in [3.8, 4) is 0 Å². The molecule has 0 aromatic heterocycles. The van der Waals surface area contributed by atoms with E-state index in [2.05, 4.69) is 24.2 Å². The van der Waals surface area contributed by atoms with Crippen LogP contribution >= 0.6 is 0 Å². The number of amides is 1. The summed E-state index contributed by atoms with van der Waals surface area (Å²) in [6, 6.07) is 0. The molecule has 0 radical (unpaired) electrons. The Balaban J connectivity index is 2.27. The second-order valence-electron chi connectivity index (χ2n) is 5.94. The average molecular weight is 241 g/mol. The van der Waals surface area contributed by atoms with Crippen LogP contribution in [0.2, 0.25) is 0 Å². The molecule has 1 amide bonds. The van der Waals surface area contributed by atoms with Gasteiger partial charge in [-0.25, -0.2) is 0 Å². The lowest BCUT2D eigenvalue weighted by Gasteiger charge is -2.38. The Labute approximate surface area is 105 Å². The number of likely N-dealkylation sites (tertiary alicyclic amines) is 1. The van der Waals surface area contributed by atoms with Crippen molar-refractivity contribution >= 4 is 5.91 Å². The van der Waals surface area contributed by atoms with Gasteiger partial charge in [0.1, 0.15) is 0 Å². The molecule has 0 saturated carbocycles. The summed E-state index contributed by atoms with van der Waals surface area (Å²) < 4.78 is 0. The molecule has 1 fully saturated rings. The standard InChI is InChI=1S/C13H27N3O/c1-11(9-14)8-12(17)15-10-13(2)4-6-16(3)7-5-13/h11H,4-10,14H2,1-3H3,(H,15,17). The Kier molecular flexibility index (Phi) is 5.40. The lowest BCUT2D eigenvalue weighted by Crippen LogP contribution is -2.43. The third-order valence-corrected chi connectivity index (χ3v) is 3.84. The number of carbonyl (C=O) groups excluding carboxylic acids is 1. The maximum atomic E-state index is 11.7. The minimum atomic E-state index is 0.142. The first-order chi connectivity index (χ1) is 7.95. The topological polar surface area (TPSA) is 58.4 Å². The van der Waals surface area contributed by atoms with E-state index in [1.165, 1.54) is 0 Å². The van der Waals surface area contributed by atoms with E-state index in [0.717, 1.165) is 32.5 Å². The van der Waals surface area contributed by atoms with Crippen LogP contribution in [0.15, 0.2) is 0 Å². The molecule has 4 heteroatoms. The van der Waals surface area contributed by atoms with E-state index in [0.29, 0.717) is 13.0 Å². The fraction of sp³-hybridized carbons (Fsp3) is 0.923. The summed E-state index contributed by atoms with van der Waals surface area (Å²) in [5.74, 6) is 0.420. The molecular formula is C13H27N3O. The van der Waals surface area contributed by atoms with Gasteiger partial charge in [0.05, 0.1) is 0 Å². The Hall–Kier alpha value is -0.610. The van der Waals surface area contributed by atoms with Crippen molar-refractivity contribution in [2.24, 2.45) is 17.1 Å². The monoisotopic (exact) mass is 241 g/mol. The van der Waals surface area contributed by atoms with Gasteiger partial charge in [-0.2, -0.15) is 0 Å². The van der Waals surface area contributed by atoms with Gasteiger partial charge in [-0.3, -0.25) is 4.79 Å². The second-order valence-corrected chi connectivity index (χ2v) is 5.94. The van der Waals surface area contributed by atoms with Gasteiger partial charge in [-0.15, -0.1) is 0 Å². The van der Waals surface area contributed by atoms with Crippen molar-refractivity contribution in [3.63, 3.8) is 0 Å². The molecule has 0 aromatic carbocycles. The summed E-state index contributed by atoms with van der Waals surface area (Å²) in [4.78, 5) is 14.0. The number of piperidine rings is 1.